The van der Waals surface area contributed by atoms with Gasteiger partial charge in [0.2, 0.25) is 0 Å². The van der Waals surface area contributed by atoms with Gasteiger partial charge in [0.05, 0.1) is 7.11 Å². The number of aliphatic imine (C=N–C) groups is 1. The minimum atomic E-state index is -0.233. The van der Waals surface area contributed by atoms with Crippen molar-refractivity contribution in [3.8, 4) is 11.5 Å². The van der Waals surface area contributed by atoms with Crippen molar-refractivity contribution < 1.29 is 14.2 Å². The highest BCUT2D eigenvalue weighted by Gasteiger charge is 2.05. The Kier molecular flexibility index (Phi) is 9.04. The van der Waals surface area contributed by atoms with Crippen molar-refractivity contribution in [1.29, 1.82) is 0 Å². The van der Waals surface area contributed by atoms with Crippen molar-refractivity contribution in [2.75, 3.05) is 20.7 Å². The van der Waals surface area contributed by atoms with E-state index in [2.05, 4.69) is 15.6 Å². The molecule has 0 bridgehead atoms. The molecule has 0 amide bonds. The second-order valence-corrected chi connectivity index (χ2v) is 5.23. The molecule has 0 heterocycles. The van der Waals surface area contributed by atoms with Gasteiger partial charge in [-0.1, -0.05) is 12.1 Å². The molecule has 0 aliphatic carbocycles. The van der Waals surface area contributed by atoms with E-state index in [1.807, 2.05) is 6.07 Å². The summed E-state index contributed by atoms with van der Waals surface area (Å²) in [6, 6.07) is 11.6. The molecule has 25 heavy (non-hydrogen) atoms. The van der Waals surface area contributed by atoms with E-state index >= 15 is 0 Å². The Morgan fingerprint density at radius 1 is 1.20 bits per heavy atom. The van der Waals surface area contributed by atoms with Crippen LogP contribution in [-0.2, 0) is 13.0 Å². The maximum atomic E-state index is 13.1. The standard InChI is InChI=1S/C18H22FN3O2.HI/c1-20-18(21-9-8-13-4-3-5-15(19)10-13)22-12-14-11-16(24-2)6-7-17(14)23;/h3-7,10-11,23H,8-9,12H2,1-2H3,(H2,20,21,22);1H. The minimum absolute atomic E-state index is 0. The van der Waals surface area contributed by atoms with E-state index in [9.17, 15) is 9.50 Å². The van der Waals surface area contributed by atoms with Crippen LogP contribution in [0.4, 0.5) is 4.39 Å². The second kappa shape index (κ2) is 10.8. The number of phenols is 1. The van der Waals surface area contributed by atoms with Crippen LogP contribution in [0.2, 0.25) is 0 Å². The topological polar surface area (TPSA) is 65.9 Å². The first kappa shape index (κ1) is 21.0. The molecule has 0 saturated carbocycles. The number of nitrogens with one attached hydrogen (secondary N) is 2. The van der Waals surface area contributed by atoms with Crippen LogP contribution in [0.5, 0.6) is 11.5 Å². The average molecular weight is 459 g/mol. The van der Waals surface area contributed by atoms with Crippen LogP contribution in [0.1, 0.15) is 11.1 Å². The molecule has 2 aromatic carbocycles. The number of phenolic OH excluding ortho intramolecular Hbond substituents is 1. The highest BCUT2D eigenvalue weighted by Crippen LogP contribution is 2.22. The third-order valence-electron chi connectivity index (χ3n) is 3.55. The number of benzene rings is 2. The van der Waals surface area contributed by atoms with Crippen molar-refractivity contribution in [1.82, 2.24) is 10.6 Å². The Morgan fingerprint density at radius 3 is 2.68 bits per heavy atom. The monoisotopic (exact) mass is 459 g/mol. The highest BCUT2D eigenvalue weighted by molar-refractivity contribution is 14.0. The predicted molar refractivity (Wildman–Crippen MR) is 108 cm³/mol. The van der Waals surface area contributed by atoms with Gasteiger partial charge in [-0.2, -0.15) is 0 Å². The van der Waals surface area contributed by atoms with E-state index in [0.717, 1.165) is 5.56 Å². The number of methoxy groups -OCH3 is 1. The smallest absolute Gasteiger partial charge is 0.191 e. The SMILES string of the molecule is CN=C(NCCc1cccc(F)c1)NCc1cc(OC)ccc1O.I. The Morgan fingerprint density at radius 2 is 2.00 bits per heavy atom. The number of hydrogen-bond donors (Lipinski definition) is 3. The summed E-state index contributed by atoms with van der Waals surface area (Å²) in [7, 11) is 3.25. The molecular weight excluding hydrogens is 436 g/mol. The van der Waals surface area contributed by atoms with Gasteiger partial charge in [0.15, 0.2) is 5.96 Å². The van der Waals surface area contributed by atoms with Crippen LogP contribution < -0.4 is 15.4 Å². The lowest BCUT2D eigenvalue weighted by Gasteiger charge is -2.13. The number of hydrogen-bond acceptors (Lipinski definition) is 3. The number of nitrogens with zero attached hydrogens (tertiary/aromatic N) is 1. The van der Waals surface area contributed by atoms with Gasteiger partial charge in [0.1, 0.15) is 17.3 Å². The summed E-state index contributed by atoms with van der Waals surface area (Å²) in [5.41, 5.74) is 1.63. The fourth-order valence-electron chi connectivity index (χ4n) is 2.25. The van der Waals surface area contributed by atoms with Gasteiger partial charge in [-0.25, -0.2) is 4.39 Å². The van der Waals surface area contributed by atoms with Crippen molar-refractivity contribution in [3.05, 3.63) is 59.4 Å². The van der Waals surface area contributed by atoms with Crippen LogP contribution in [0, 0.1) is 5.82 Å². The molecule has 2 rings (SSSR count). The lowest BCUT2D eigenvalue weighted by atomic mass is 10.1. The Balaban J connectivity index is 0.00000312. The first-order valence-corrected chi connectivity index (χ1v) is 7.67. The first-order chi connectivity index (χ1) is 11.6. The van der Waals surface area contributed by atoms with Crippen molar-refractivity contribution >= 4 is 29.9 Å². The van der Waals surface area contributed by atoms with E-state index < -0.39 is 0 Å². The fraction of sp³-hybridized carbons (Fsp3) is 0.278. The summed E-state index contributed by atoms with van der Waals surface area (Å²) in [6.45, 7) is 1.02. The normalized spacial score (nSPS) is 10.8. The zero-order valence-electron chi connectivity index (χ0n) is 14.3. The number of ether oxygens (including phenoxy) is 1. The van der Waals surface area contributed by atoms with Gasteiger partial charge in [-0.3, -0.25) is 4.99 Å². The molecule has 136 valence electrons. The van der Waals surface area contributed by atoms with Crippen molar-refractivity contribution in [2.45, 2.75) is 13.0 Å². The summed E-state index contributed by atoms with van der Waals surface area (Å²) in [5, 5.41) is 16.2. The molecule has 0 aliphatic heterocycles. The summed E-state index contributed by atoms with van der Waals surface area (Å²) < 4.78 is 18.3. The van der Waals surface area contributed by atoms with Crippen LogP contribution in [-0.4, -0.2) is 31.8 Å². The molecule has 0 aliphatic rings. The van der Waals surface area contributed by atoms with Gasteiger partial charge in [0, 0.05) is 25.7 Å². The molecule has 7 heteroatoms. The lowest BCUT2D eigenvalue weighted by molar-refractivity contribution is 0.410. The molecule has 0 atom stereocenters. The Hall–Kier alpha value is -2.03. The number of halogens is 2. The minimum Gasteiger partial charge on any atom is -0.508 e. The predicted octanol–water partition coefficient (Wildman–Crippen LogP) is 3.07. The Labute approximate surface area is 164 Å². The summed E-state index contributed by atoms with van der Waals surface area (Å²) >= 11 is 0. The first-order valence-electron chi connectivity index (χ1n) is 7.67. The number of guanidine groups is 1. The van der Waals surface area contributed by atoms with E-state index in [1.54, 1.807) is 38.4 Å². The van der Waals surface area contributed by atoms with E-state index in [1.165, 1.54) is 12.1 Å². The van der Waals surface area contributed by atoms with Gasteiger partial charge < -0.3 is 20.5 Å². The summed E-state index contributed by atoms with van der Waals surface area (Å²) in [6.07, 6.45) is 0.683. The second-order valence-electron chi connectivity index (χ2n) is 5.23. The van der Waals surface area contributed by atoms with Crippen LogP contribution in [0.25, 0.3) is 0 Å². The molecule has 3 N–H and O–H groups in total. The molecule has 0 saturated heterocycles. The van der Waals surface area contributed by atoms with Crippen LogP contribution in [0.15, 0.2) is 47.5 Å². The number of rotatable bonds is 6. The summed E-state index contributed by atoms with van der Waals surface area (Å²) in [5.74, 6) is 1.24. The zero-order valence-corrected chi connectivity index (χ0v) is 16.6. The average Bonchev–Trinajstić information content (AvgIpc) is 2.59. The van der Waals surface area contributed by atoms with Gasteiger partial charge >= 0.3 is 0 Å². The van der Waals surface area contributed by atoms with Crippen LogP contribution >= 0.6 is 24.0 Å². The maximum Gasteiger partial charge on any atom is 0.191 e. The van der Waals surface area contributed by atoms with E-state index in [0.29, 0.717) is 36.8 Å². The zero-order chi connectivity index (χ0) is 17.4. The summed E-state index contributed by atoms with van der Waals surface area (Å²) in [4.78, 5) is 4.13. The van der Waals surface area contributed by atoms with Crippen LogP contribution in [0.3, 0.4) is 0 Å². The third-order valence-corrected chi connectivity index (χ3v) is 3.55. The molecule has 0 radical (unpaired) electrons. The lowest BCUT2D eigenvalue weighted by Crippen LogP contribution is -2.37. The van der Waals surface area contributed by atoms with E-state index in [-0.39, 0.29) is 35.5 Å². The fourth-order valence-corrected chi connectivity index (χ4v) is 2.25. The number of aromatic hydroxyl groups is 1. The highest BCUT2D eigenvalue weighted by atomic mass is 127. The quantitative estimate of drug-likeness (QED) is 0.353. The van der Waals surface area contributed by atoms with Gasteiger partial charge in [-0.05, 0) is 42.3 Å². The molecule has 0 spiro atoms. The largest absolute Gasteiger partial charge is 0.508 e. The molecule has 0 aromatic heterocycles. The van der Waals surface area contributed by atoms with Crippen molar-refractivity contribution in [3.63, 3.8) is 0 Å². The van der Waals surface area contributed by atoms with Crippen molar-refractivity contribution in [2.24, 2.45) is 4.99 Å². The molecular formula is C18H23FIN3O2. The Bertz CT molecular complexity index is 710. The van der Waals surface area contributed by atoms with Gasteiger partial charge in [0.25, 0.3) is 0 Å². The molecule has 0 unspecified atom stereocenters. The molecule has 0 fully saturated rings. The molecule has 2 aromatic rings. The van der Waals surface area contributed by atoms with E-state index in [4.69, 9.17) is 4.74 Å². The third kappa shape index (κ3) is 6.77. The molecule has 5 nitrogen and oxygen atoms in total. The maximum absolute atomic E-state index is 13.1. The van der Waals surface area contributed by atoms with Gasteiger partial charge in [-0.15, -0.1) is 24.0 Å².